The van der Waals surface area contributed by atoms with Crippen molar-refractivity contribution in [1.29, 1.82) is 0 Å². The lowest BCUT2D eigenvalue weighted by atomic mass is 9.99. The van der Waals surface area contributed by atoms with Crippen molar-refractivity contribution in [1.82, 2.24) is 0 Å². The zero-order valence-corrected chi connectivity index (χ0v) is 12.3. The van der Waals surface area contributed by atoms with Crippen LogP contribution >= 0.6 is 0 Å². The molecule has 3 heteroatoms. The number of rotatable bonds is 6. The summed E-state index contributed by atoms with van der Waals surface area (Å²) in [6.07, 6.45) is 0.953. The van der Waals surface area contributed by atoms with Crippen LogP contribution in [0.3, 0.4) is 0 Å². The quantitative estimate of drug-likeness (QED) is 0.837. The van der Waals surface area contributed by atoms with E-state index in [0.717, 1.165) is 23.4 Å². The second kappa shape index (κ2) is 6.10. The number of ether oxygens (including phenoxy) is 2. The Balaban J connectivity index is 2.65. The molecular formula is C15H25NO2. The predicted molar refractivity (Wildman–Crippen MR) is 76.5 cm³/mol. The Morgan fingerprint density at radius 3 is 2.44 bits per heavy atom. The summed E-state index contributed by atoms with van der Waals surface area (Å²) >= 11 is 0. The van der Waals surface area contributed by atoms with E-state index in [-0.39, 0.29) is 5.60 Å². The van der Waals surface area contributed by atoms with Gasteiger partial charge in [0.1, 0.15) is 5.75 Å². The molecule has 1 N–H and O–H groups in total. The van der Waals surface area contributed by atoms with Crippen molar-refractivity contribution >= 4 is 5.69 Å². The van der Waals surface area contributed by atoms with Gasteiger partial charge in [-0.1, -0.05) is 0 Å². The molecule has 102 valence electrons. The Bertz CT molecular complexity index is 388. The van der Waals surface area contributed by atoms with Gasteiger partial charge in [0.15, 0.2) is 0 Å². The van der Waals surface area contributed by atoms with Crippen LogP contribution in [0.5, 0.6) is 5.75 Å². The SMILES string of the molecule is COc1ccc(NC(C)CC(C)(C)OC)cc1C. The number of nitrogens with one attached hydrogen (secondary N) is 1. The molecule has 0 saturated carbocycles. The maximum Gasteiger partial charge on any atom is 0.121 e. The number of hydrogen-bond acceptors (Lipinski definition) is 3. The summed E-state index contributed by atoms with van der Waals surface area (Å²) < 4.78 is 10.7. The average molecular weight is 251 g/mol. The van der Waals surface area contributed by atoms with Gasteiger partial charge in [0.2, 0.25) is 0 Å². The zero-order chi connectivity index (χ0) is 13.8. The fraction of sp³-hybridized carbons (Fsp3) is 0.600. The number of anilines is 1. The minimum Gasteiger partial charge on any atom is -0.496 e. The largest absolute Gasteiger partial charge is 0.496 e. The summed E-state index contributed by atoms with van der Waals surface area (Å²) in [6, 6.07) is 6.50. The predicted octanol–water partition coefficient (Wildman–Crippen LogP) is 3.62. The smallest absolute Gasteiger partial charge is 0.121 e. The van der Waals surface area contributed by atoms with Gasteiger partial charge in [-0.25, -0.2) is 0 Å². The molecular weight excluding hydrogens is 226 g/mol. The highest BCUT2D eigenvalue weighted by molar-refractivity contribution is 5.51. The first kappa shape index (κ1) is 14.8. The van der Waals surface area contributed by atoms with Crippen LogP contribution in [-0.4, -0.2) is 25.9 Å². The molecule has 1 rings (SSSR count). The summed E-state index contributed by atoms with van der Waals surface area (Å²) in [7, 11) is 3.45. The molecule has 1 atom stereocenters. The highest BCUT2D eigenvalue weighted by atomic mass is 16.5. The van der Waals surface area contributed by atoms with Crippen molar-refractivity contribution in [2.45, 2.75) is 45.8 Å². The third-order valence-electron chi connectivity index (χ3n) is 3.16. The maximum absolute atomic E-state index is 5.45. The van der Waals surface area contributed by atoms with E-state index in [9.17, 15) is 0 Å². The monoisotopic (exact) mass is 251 g/mol. The van der Waals surface area contributed by atoms with Gasteiger partial charge in [0.25, 0.3) is 0 Å². The molecule has 1 aromatic carbocycles. The molecule has 0 fully saturated rings. The number of methoxy groups -OCH3 is 2. The molecule has 0 aliphatic heterocycles. The molecule has 0 spiro atoms. The van der Waals surface area contributed by atoms with Crippen LogP contribution in [0, 0.1) is 6.92 Å². The van der Waals surface area contributed by atoms with E-state index in [2.05, 4.69) is 32.2 Å². The lowest BCUT2D eigenvalue weighted by Gasteiger charge is -2.27. The van der Waals surface area contributed by atoms with E-state index in [0.29, 0.717) is 6.04 Å². The van der Waals surface area contributed by atoms with Gasteiger partial charge in [0.05, 0.1) is 12.7 Å². The number of benzene rings is 1. The topological polar surface area (TPSA) is 30.5 Å². The van der Waals surface area contributed by atoms with Gasteiger partial charge in [-0.05, 0) is 57.9 Å². The van der Waals surface area contributed by atoms with Crippen LogP contribution in [0.15, 0.2) is 18.2 Å². The van der Waals surface area contributed by atoms with Gasteiger partial charge in [-0.15, -0.1) is 0 Å². The molecule has 0 saturated heterocycles. The molecule has 0 bridgehead atoms. The van der Waals surface area contributed by atoms with Gasteiger partial charge in [-0.2, -0.15) is 0 Å². The van der Waals surface area contributed by atoms with Crippen molar-refractivity contribution in [3.05, 3.63) is 23.8 Å². The van der Waals surface area contributed by atoms with Crippen LogP contribution in [0.1, 0.15) is 32.8 Å². The number of aryl methyl sites for hydroxylation is 1. The summed E-state index contributed by atoms with van der Waals surface area (Å²) in [6.45, 7) is 8.42. The third kappa shape index (κ3) is 4.22. The van der Waals surface area contributed by atoms with E-state index in [1.807, 2.05) is 19.1 Å². The van der Waals surface area contributed by atoms with E-state index in [4.69, 9.17) is 9.47 Å². The summed E-state index contributed by atoms with van der Waals surface area (Å²) in [4.78, 5) is 0. The number of hydrogen-bond donors (Lipinski definition) is 1. The van der Waals surface area contributed by atoms with E-state index < -0.39 is 0 Å². The minimum atomic E-state index is -0.103. The van der Waals surface area contributed by atoms with E-state index in [1.54, 1.807) is 14.2 Å². The Kier molecular flexibility index (Phi) is 5.03. The fourth-order valence-corrected chi connectivity index (χ4v) is 2.12. The fourth-order valence-electron chi connectivity index (χ4n) is 2.12. The van der Waals surface area contributed by atoms with Crippen LogP contribution in [-0.2, 0) is 4.74 Å². The maximum atomic E-state index is 5.45. The van der Waals surface area contributed by atoms with Crippen molar-refractivity contribution in [3.63, 3.8) is 0 Å². The Labute approximate surface area is 110 Å². The second-order valence-electron chi connectivity index (χ2n) is 5.40. The first-order valence-corrected chi connectivity index (χ1v) is 6.34. The van der Waals surface area contributed by atoms with E-state index >= 15 is 0 Å². The first-order chi connectivity index (χ1) is 8.38. The minimum absolute atomic E-state index is 0.103. The average Bonchev–Trinajstić information content (AvgIpc) is 2.28. The van der Waals surface area contributed by atoms with Gasteiger partial charge < -0.3 is 14.8 Å². The molecule has 18 heavy (non-hydrogen) atoms. The van der Waals surface area contributed by atoms with E-state index in [1.165, 1.54) is 0 Å². The molecule has 0 heterocycles. The normalized spacial score (nSPS) is 13.2. The molecule has 0 aromatic heterocycles. The first-order valence-electron chi connectivity index (χ1n) is 6.34. The molecule has 0 amide bonds. The standard InChI is InChI=1S/C15H25NO2/c1-11-9-13(7-8-14(11)17-5)16-12(2)10-15(3,4)18-6/h7-9,12,16H,10H2,1-6H3. The van der Waals surface area contributed by atoms with Crippen LogP contribution in [0.4, 0.5) is 5.69 Å². The van der Waals surface area contributed by atoms with Crippen molar-refractivity contribution < 1.29 is 9.47 Å². The molecule has 0 aliphatic carbocycles. The van der Waals surface area contributed by atoms with Gasteiger partial charge in [0, 0.05) is 18.8 Å². The molecule has 1 aromatic rings. The van der Waals surface area contributed by atoms with Crippen LogP contribution in [0.25, 0.3) is 0 Å². The van der Waals surface area contributed by atoms with Crippen LogP contribution in [0.2, 0.25) is 0 Å². The van der Waals surface area contributed by atoms with Crippen molar-refractivity contribution in [2.75, 3.05) is 19.5 Å². The zero-order valence-electron chi connectivity index (χ0n) is 12.3. The van der Waals surface area contributed by atoms with Gasteiger partial charge >= 0.3 is 0 Å². The molecule has 1 unspecified atom stereocenters. The Hall–Kier alpha value is -1.22. The summed E-state index contributed by atoms with van der Waals surface area (Å²) in [5, 5.41) is 3.49. The lowest BCUT2D eigenvalue weighted by Crippen LogP contribution is -2.31. The Morgan fingerprint density at radius 1 is 1.28 bits per heavy atom. The third-order valence-corrected chi connectivity index (χ3v) is 3.16. The van der Waals surface area contributed by atoms with Gasteiger partial charge in [-0.3, -0.25) is 0 Å². The van der Waals surface area contributed by atoms with Crippen molar-refractivity contribution in [2.24, 2.45) is 0 Å². The molecule has 3 nitrogen and oxygen atoms in total. The Morgan fingerprint density at radius 2 is 1.94 bits per heavy atom. The molecule has 0 radical (unpaired) electrons. The highest BCUT2D eigenvalue weighted by Gasteiger charge is 2.20. The summed E-state index contributed by atoms with van der Waals surface area (Å²) in [5.74, 6) is 0.922. The molecule has 0 aliphatic rings. The highest BCUT2D eigenvalue weighted by Crippen LogP contribution is 2.23. The van der Waals surface area contributed by atoms with Crippen molar-refractivity contribution in [3.8, 4) is 5.75 Å². The van der Waals surface area contributed by atoms with Crippen LogP contribution < -0.4 is 10.1 Å². The summed E-state index contributed by atoms with van der Waals surface area (Å²) in [5.41, 5.74) is 2.15. The second-order valence-corrected chi connectivity index (χ2v) is 5.40. The lowest BCUT2D eigenvalue weighted by molar-refractivity contribution is 0.0128.